The lowest BCUT2D eigenvalue weighted by Gasteiger charge is -2.01. The van der Waals surface area contributed by atoms with Crippen molar-refractivity contribution >= 4 is 23.2 Å². The highest BCUT2D eigenvalue weighted by Crippen LogP contribution is 2.17. The summed E-state index contributed by atoms with van der Waals surface area (Å²) in [6.45, 7) is 0.0216. The van der Waals surface area contributed by atoms with E-state index in [4.69, 9.17) is 23.2 Å². The van der Waals surface area contributed by atoms with Crippen LogP contribution >= 0.6 is 23.2 Å². The van der Waals surface area contributed by atoms with Crippen molar-refractivity contribution in [1.82, 2.24) is 9.97 Å². The van der Waals surface area contributed by atoms with Gasteiger partial charge in [0.2, 0.25) is 5.28 Å². The number of nitrogens with zero attached hydrogens (tertiary/aromatic N) is 2. The Morgan fingerprint density at radius 3 is 2.67 bits per heavy atom. The van der Waals surface area contributed by atoms with E-state index in [1.54, 1.807) is 0 Å². The van der Waals surface area contributed by atoms with Crippen LogP contribution in [0.25, 0.3) is 0 Å². The van der Waals surface area contributed by atoms with Gasteiger partial charge in [-0.15, -0.1) is 0 Å². The molecule has 0 aromatic carbocycles. The van der Waals surface area contributed by atoms with Crippen LogP contribution in [0.15, 0.2) is 0 Å². The summed E-state index contributed by atoms with van der Waals surface area (Å²) in [5.41, 5.74) is 0.0579. The van der Waals surface area contributed by atoms with E-state index >= 15 is 0 Å². The molecule has 0 bridgehead atoms. The van der Waals surface area contributed by atoms with Crippen molar-refractivity contribution in [3.8, 4) is 0 Å². The van der Waals surface area contributed by atoms with Gasteiger partial charge in [0.15, 0.2) is 11.0 Å². The normalized spacial score (nSPS) is 10.3. The molecule has 0 radical (unpaired) electrons. The van der Waals surface area contributed by atoms with Gasteiger partial charge in [0, 0.05) is 7.11 Å². The maximum atomic E-state index is 13.0. The summed E-state index contributed by atoms with van der Waals surface area (Å²) >= 11 is 10.8. The number of aromatic nitrogens is 2. The lowest BCUT2D eigenvalue weighted by molar-refractivity contribution is 0.177. The van der Waals surface area contributed by atoms with Crippen molar-refractivity contribution in [2.75, 3.05) is 7.11 Å². The van der Waals surface area contributed by atoms with E-state index in [-0.39, 0.29) is 22.7 Å². The maximum absolute atomic E-state index is 13.0. The summed E-state index contributed by atoms with van der Waals surface area (Å²) in [5, 5.41) is -0.379. The molecule has 0 atom stereocenters. The Labute approximate surface area is 78.5 Å². The van der Waals surface area contributed by atoms with Crippen LogP contribution in [0.3, 0.4) is 0 Å². The molecule has 0 fully saturated rings. The van der Waals surface area contributed by atoms with Gasteiger partial charge >= 0.3 is 0 Å². The highest BCUT2D eigenvalue weighted by Gasteiger charge is 2.11. The average molecular weight is 211 g/mol. The number of halogens is 3. The van der Waals surface area contributed by atoms with E-state index in [1.807, 2.05) is 0 Å². The fraction of sp³-hybridized carbons (Fsp3) is 0.333. The minimum Gasteiger partial charge on any atom is -0.378 e. The van der Waals surface area contributed by atoms with Crippen molar-refractivity contribution in [3.05, 3.63) is 21.9 Å². The van der Waals surface area contributed by atoms with E-state index in [9.17, 15) is 4.39 Å². The Kier molecular flexibility index (Phi) is 3.20. The van der Waals surface area contributed by atoms with Gasteiger partial charge in [0.25, 0.3) is 0 Å². The Hall–Kier alpha value is -0.450. The molecule has 1 aromatic rings. The van der Waals surface area contributed by atoms with Crippen LogP contribution in [0, 0.1) is 5.82 Å². The molecular formula is C6H5Cl2FN2O. The molecule has 1 aromatic heterocycles. The predicted molar refractivity (Wildman–Crippen MR) is 42.7 cm³/mol. The summed E-state index contributed by atoms with van der Waals surface area (Å²) < 4.78 is 17.6. The molecule has 3 nitrogen and oxygen atoms in total. The molecule has 12 heavy (non-hydrogen) atoms. The molecule has 6 heteroatoms. The average Bonchev–Trinajstić information content (AvgIpc) is 2.00. The first-order valence-electron chi connectivity index (χ1n) is 3.01. The molecule has 0 aliphatic heterocycles. The second kappa shape index (κ2) is 3.98. The van der Waals surface area contributed by atoms with E-state index < -0.39 is 5.82 Å². The smallest absolute Gasteiger partial charge is 0.224 e. The van der Waals surface area contributed by atoms with Crippen LogP contribution in [0.2, 0.25) is 10.4 Å². The quantitative estimate of drug-likeness (QED) is 0.554. The first-order valence-corrected chi connectivity index (χ1v) is 3.77. The third-order valence-electron chi connectivity index (χ3n) is 1.13. The monoisotopic (exact) mass is 210 g/mol. The highest BCUT2D eigenvalue weighted by molar-refractivity contribution is 6.31. The van der Waals surface area contributed by atoms with Crippen molar-refractivity contribution in [2.24, 2.45) is 0 Å². The first-order chi connectivity index (χ1) is 5.65. The summed E-state index contributed by atoms with van der Waals surface area (Å²) in [7, 11) is 1.42. The van der Waals surface area contributed by atoms with Crippen LogP contribution < -0.4 is 0 Å². The zero-order valence-electron chi connectivity index (χ0n) is 6.14. The van der Waals surface area contributed by atoms with Crippen molar-refractivity contribution in [2.45, 2.75) is 6.61 Å². The summed E-state index contributed by atoms with van der Waals surface area (Å²) in [6.07, 6.45) is 0. The maximum Gasteiger partial charge on any atom is 0.224 e. The number of hydrogen-bond acceptors (Lipinski definition) is 3. The Morgan fingerprint density at radius 2 is 2.08 bits per heavy atom. The zero-order valence-corrected chi connectivity index (χ0v) is 7.66. The van der Waals surface area contributed by atoms with Gasteiger partial charge in [-0.1, -0.05) is 11.6 Å². The molecule has 0 amide bonds. The third-order valence-corrected chi connectivity index (χ3v) is 1.55. The van der Waals surface area contributed by atoms with Crippen molar-refractivity contribution < 1.29 is 9.13 Å². The standard InChI is InChI=1S/C6H5Cl2FN2O/c1-12-2-3-4(9)5(7)11-6(8)10-3/h2H2,1H3. The molecule has 0 unspecified atom stereocenters. The van der Waals surface area contributed by atoms with E-state index in [0.717, 1.165) is 0 Å². The van der Waals surface area contributed by atoms with Gasteiger partial charge in [-0.05, 0) is 11.6 Å². The van der Waals surface area contributed by atoms with Gasteiger partial charge in [-0.25, -0.2) is 14.4 Å². The fourth-order valence-corrected chi connectivity index (χ4v) is 1.09. The lowest BCUT2D eigenvalue weighted by atomic mass is 10.4. The molecule has 66 valence electrons. The van der Waals surface area contributed by atoms with Crippen LogP contribution in [0.1, 0.15) is 5.69 Å². The van der Waals surface area contributed by atoms with Crippen LogP contribution in [-0.2, 0) is 11.3 Å². The summed E-state index contributed by atoms with van der Waals surface area (Å²) in [5.74, 6) is -0.692. The molecule has 1 heterocycles. The number of rotatable bonds is 2. The molecule has 1 rings (SSSR count). The Balaban J connectivity index is 3.09. The molecule has 0 N–H and O–H groups in total. The second-order valence-corrected chi connectivity index (χ2v) is 2.67. The van der Waals surface area contributed by atoms with E-state index in [1.165, 1.54) is 7.11 Å². The molecule has 0 saturated carbocycles. The Morgan fingerprint density at radius 1 is 1.42 bits per heavy atom. The molecular weight excluding hydrogens is 206 g/mol. The lowest BCUT2D eigenvalue weighted by Crippen LogP contribution is -2.00. The van der Waals surface area contributed by atoms with Crippen molar-refractivity contribution in [1.29, 1.82) is 0 Å². The first kappa shape index (κ1) is 9.64. The SMILES string of the molecule is COCc1nc(Cl)nc(Cl)c1F. The summed E-state index contributed by atoms with van der Waals surface area (Å²) in [4.78, 5) is 7.00. The number of hydrogen-bond donors (Lipinski definition) is 0. The van der Waals surface area contributed by atoms with Gasteiger partial charge < -0.3 is 4.74 Å². The largest absolute Gasteiger partial charge is 0.378 e. The summed E-state index contributed by atoms with van der Waals surface area (Å²) in [6, 6.07) is 0. The molecule has 0 aliphatic carbocycles. The van der Waals surface area contributed by atoms with Crippen LogP contribution in [-0.4, -0.2) is 17.1 Å². The van der Waals surface area contributed by atoms with E-state index in [2.05, 4.69) is 14.7 Å². The minimum atomic E-state index is -0.692. The van der Waals surface area contributed by atoms with Gasteiger partial charge in [0.05, 0.1) is 6.61 Å². The number of ether oxygens (including phenoxy) is 1. The molecule has 0 saturated heterocycles. The van der Waals surface area contributed by atoms with Crippen LogP contribution in [0.5, 0.6) is 0 Å². The van der Waals surface area contributed by atoms with Gasteiger partial charge in [-0.2, -0.15) is 0 Å². The zero-order chi connectivity index (χ0) is 9.14. The topological polar surface area (TPSA) is 35.0 Å². The van der Waals surface area contributed by atoms with E-state index in [0.29, 0.717) is 0 Å². The number of methoxy groups -OCH3 is 1. The van der Waals surface area contributed by atoms with Gasteiger partial charge in [-0.3, -0.25) is 0 Å². The minimum absolute atomic E-state index is 0.0216. The second-order valence-electron chi connectivity index (χ2n) is 1.98. The van der Waals surface area contributed by atoms with Crippen LogP contribution in [0.4, 0.5) is 4.39 Å². The van der Waals surface area contributed by atoms with Gasteiger partial charge in [0.1, 0.15) is 5.69 Å². The van der Waals surface area contributed by atoms with Crippen molar-refractivity contribution in [3.63, 3.8) is 0 Å². The molecule has 0 aliphatic rings. The fourth-order valence-electron chi connectivity index (χ4n) is 0.667. The molecule has 0 spiro atoms. The highest BCUT2D eigenvalue weighted by atomic mass is 35.5. The third kappa shape index (κ3) is 2.03. The Bertz CT molecular complexity index is 295. The predicted octanol–water partition coefficient (Wildman–Crippen LogP) is 2.07.